The highest BCUT2D eigenvalue weighted by Crippen LogP contribution is 2.18. The quantitative estimate of drug-likeness (QED) is 0.825. The molecule has 0 saturated heterocycles. The summed E-state index contributed by atoms with van der Waals surface area (Å²) in [6.07, 6.45) is 0. The number of aromatic nitrogens is 1. The summed E-state index contributed by atoms with van der Waals surface area (Å²) in [7, 11) is -3.50. The minimum Gasteiger partial charge on any atom is -0.399 e. The average Bonchev–Trinajstić information content (AvgIpc) is 2.36. The number of nitrogens with zero attached hydrogens (tertiary/aromatic N) is 1. The van der Waals surface area contributed by atoms with Crippen molar-refractivity contribution in [2.24, 2.45) is 0 Å². The van der Waals surface area contributed by atoms with Gasteiger partial charge in [-0.3, -0.25) is 4.72 Å². The Morgan fingerprint density at radius 1 is 1.20 bits per heavy atom. The molecule has 106 valence electrons. The molecule has 0 spiro atoms. The Morgan fingerprint density at radius 2 is 1.85 bits per heavy atom. The van der Waals surface area contributed by atoms with E-state index in [2.05, 4.69) is 25.6 Å². The molecule has 0 saturated carbocycles. The fourth-order valence-corrected chi connectivity index (χ4v) is 2.99. The minimum absolute atomic E-state index is 0.121. The molecule has 1 aromatic heterocycles. The first-order chi connectivity index (χ1) is 9.35. The molecule has 7 heteroatoms. The van der Waals surface area contributed by atoms with Gasteiger partial charge in [0.15, 0.2) is 0 Å². The van der Waals surface area contributed by atoms with Crippen molar-refractivity contribution in [2.75, 3.05) is 10.5 Å². The largest absolute Gasteiger partial charge is 0.399 e. The van der Waals surface area contributed by atoms with Gasteiger partial charge in [-0.15, -0.1) is 0 Å². The number of aryl methyl sites for hydroxylation is 1. The predicted octanol–water partition coefficient (Wildman–Crippen LogP) is 2.68. The van der Waals surface area contributed by atoms with Gasteiger partial charge in [-0.1, -0.05) is 12.1 Å². The van der Waals surface area contributed by atoms with Gasteiger partial charge < -0.3 is 5.73 Å². The Labute approximate surface area is 126 Å². The standard InChI is InChI=1S/C13H14BrN3O2S/c1-9-12(14)6-7-13(16-9)17-20(18,19)8-10-2-4-11(15)5-3-10/h2-7H,8,15H2,1H3,(H,16,17). The first kappa shape index (κ1) is 14.8. The Balaban J connectivity index is 2.14. The topological polar surface area (TPSA) is 85.1 Å². The van der Waals surface area contributed by atoms with Crippen LogP contribution in [0.2, 0.25) is 0 Å². The van der Waals surface area contributed by atoms with Crippen molar-refractivity contribution in [2.45, 2.75) is 12.7 Å². The van der Waals surface area contributed by atoms with Crippen molar-refractivity contribution in [1.29, 1.82) is 0 Å². The highest BCUT2D eigenvalue weighted by atomic mass is 79.9. The molecule has 2 aromatic rings. The first-order valence-corrected chi connectivity index (χ1v) is 8.28. The van der Waals surface area contributed by atoms with Crippen LogP contribution in [0, 0.1) is 6.92 Å². The molecule has 3 N–H and O–H groups in total. The number of rotatable bonds is 4. The summed E-state index contributed by atoms with van der Waals surface area (Å²) in [5.74, 6) is 0.186. The van der Waals surface area contributed by atoms with E-state index in [1.165, 1.54) is 0 Å². The maximum atomic E-state index is 12.1. The zero-order valence-electron chi connectivity index (χ0n) is 10.8. The van der Waals surface area contributed by atoms with Gasteiger partial charge in [-0.25, -0.2) is 13.4 Å². The number of nitrogens with one attached hydrogen (secondary N) is 1. The minimum atomic E-state index is -3.50. The molecule has 2 rings (SSSR count). The Morgan fingerprint density at radius 3 is 2.45 bits per heavy atom. The van der Waals surface area contributed by atoms with Crippen LogP contribution < -0.4 is 10.5 Å². The number of benzene rings is 1. The molecule has 0 unspecified atom stereocenters. The number of nitrogen functional groups attached to an aromatic ring is 1. The van der Waals surface area contributed by atoms with Gasteiger partial charge in [0.1, 0.15) is 5.82 Å². The van der Waals surface area contributed by atoms with E-state index in [1.54, 1.807) is 43.3 Å². The normalized spacial score (nSPS) is 11.3. The van der Waals surface area contributed by atoms with Crippen molar-refractivity contribution < 1.29 is 8.42 Å². The number of pyridine rings is 1. The van der Waals surface area contributed by atoms with Crippen LogP contribution in [-0.2, 0) is 15.8 Å². The van der Waals surface area contributed by atoms with E-state index >= 15 is 0 Å². The lowest BCUT2D eigenvalue weighted by atomic mass is 10.2. The molecule has 0 bridgehead atoms. The highest BCUT2D eigenvalue weighted by Gasteiger charge is 2.13. The number of hydrogen-bond donors (Lipinski definition) is 2. The van der Waals surface area contributed by atoms with Crippen LogP contribution in [0.5, 0.6) is 0 Å². The van der Waals surface area contributed by atoms with Crippen molar-refractivity contribution in [1.82, 2.24) is 4.98 Å². The zero-order valence-corrected chi connectivity index (χ0v) is 13.2. The zero-order chi connectivity index (χ0) is 14.8. The summed E-state index contributed by atoms with van der Waals surface area (Å²) < 4.78 is 27.4. The van der Waals surface area contributed by atoms with E-state index in [0.717, 1.165) is 10.2 Å². The van der Waals surface area contributed by atoms with Crippen LogP contribution in [-0.4, -0.2) is 13.4 Å². The maximum Gasteiger partial charge on any atom is 0.238 e. The van der Waals surface area contributed by atoms with E-state index in [1.807, 2.05) is 0 Å². The third-order valence-electron chi connectivity index (χ3n) is 2.62. The highest BCUT2D eigenvalue weighted by molar-refractivity contribution is 9.10. The summed E-state index contributed by atoms with van der Waals surface area (Å²) in [5, 5.41) is 0. The molecule has 0 fully saturated rings. The summed E-state index contributed by atoms with van der Waals surface area (Å²) in [4.78, 5) is 4.16. The van der Waals surface area contributed by atoms with Crippen LogP contribution in [0.1, 0.15) is 11.3 Å². The van der Waals surface area contributed by atoms with Crippen LogP contribution in [0.15, 0.2) is 40.9 Å². The number of anilines is 2. The molecule has 1 aromatic carbocycles. The fraction of sp³-hybridized carbons (Fsp3) is 0.154. The lowest BCUT2D eigenvalue weighted by Gasteiger charge is -2.08. The van der Waals surface area contributed by atoms with E-state index < -0.39 is 10.0 Å². The van der Waals surface area contributed by atoms with Gasteiger partial charge in [0.25, 0.3) is 0 Å². The molecule has 20 heavy (non-hydrogen) atoms. The van der Waals surface area contributed by atoms with Crippen molar-refractivity contribution in [3.05, 3.63) is 52.1 Å². The molecular weight excluding hydrogens is 342 g/mol. The SMILES string of the molecule is Cc1nc(NS(=O)(=O)Cc2ccc(N)cc2)ccc1Br. The van der Waals surface area contributed by atoms with Crippen LogP contribution >= 0.6 is 15.9 Å². The van der Waals surface area contributed by atoms with E-state index in [4.69, 9.17) is 5.73 Å². The number of nitrogens with two attached hydrogens (primary N) is 1. The van der Waals surface area contributed by atoms with Gasteiger partial charge in [0.05, 0.1) is 11.4 Å². The first-order valence-electron chi connectivity index (χ1n) is 5.84. The Hall–Kier alpha value is -1.60. The molecule has 0 aliphatic heterocycles. The second-order valence-corrected chi connectivity index (χ2v) is 6.94. The van der Waals surface area contributed by atoms with Gasteiger partial charge in [-0.2, -0.15) is 0 Å². The third kappa shape index (κ3) is 3.94. The second-order valence-electron chi connectivity index (χ2n) is 4.37. The lowest BCUT2D eigenvalue weighted by Crippen LogP contribution is -2.16. The summed E-state index contributed by atoms with van der Waals surface area (Å²) in [5.41, 5.74) is 7.55. The monoisotopic (exact) mass is 355 g/mol. The van der Waals surface area contributed by atoms with Gasteiger partial charge in [-0.05, 0) is 52.7 Å². The average molecular weight is 356 g/mol. The summed E-state index contributed by atoms with van der Waals surface area (Å²) in [6.45, 7) is 1.79. The third-order valence-corrected chi connectivity index (χ3v) is 4.69. The van der Waals surface area contributed by atoms with Gasteiger partial charge in [0.2, 0.25) is 10.0 Å². The lowest BCUT2D eigenvalue weighted by molar-refractivity contribution is 0.600. The Kier molecular flexibility index (Phi) is 4.29. The molecule has 0 aliphatic rings. The second kappa shape index (κ2) is 5.80. The van der Waals surface area contributed by atoms with Gasteiger partial charge >= 0.3 is 0 Å². The molecule has 0 radical (unpaired) electrons. The van der Waals surface area contributed by atoms with Gasteiger partial charge in [0, 0.05) is 10.2 Å². The van der Waals surface area contributed by atoms with Crippen LogP contribution in [0.3, 0.4) is 0 Å². The van der Waals surface area contributed by atoms with Crippen molar-refractivity contribution >= 4 is 37.5 Å². The van der Waals surface area contributed by atoms with E-state index in [9.17, 15) is 8.42 Å². The summed E-state index contributed by atoms with van der Waals surface area (Å²) >= 11 is 3.32. The van der Waals surface area contributed by atoms with E-state index in [0.29, 0.717) is 17.1 Å². The van der Waals surface area contributed by atoms with Crippen LogP contribution in [0.25, 0.3) is 0 Å². The van der Waals surface area contributed by atoms with Crippen LogP contribution in [0.4, 0.5) is 11.5 Å². The Bertz CT molecular complexity index is 715. The molecular formula is C13H14BrN3O2S. The fourth-order valence-electron chi connectivity index (χ4n) is 1.63. The summed E-state index contributed by atoms with van der Waals surface area (Å²) in [6, 6.07) is 10.1. The molecule has 0 aliphatic carbocycles. The number of hydrogen-bond acceptors (Lipinski definition) is 4. The van der Waals surface area contributed by atoms with Crippen molar-refractivity contribution in [3.63, 3.8) is 0 Å². The maximum absolute atomic E-state index is 12.1. The molecule has 0 amide bonds. The van der Waals surface area contributed by atoms with Crippen molar-refractivity contribution in [3.8, 4) is 0 Å². The molecule has 1 heterocycles. The number of sulfonamides is 1. The number of halogens is 1. The van der Waals surface area contributed by atoms with E-state index in [-0.39, 0.29) is 5.75 Å². The smallest absolute Gasteiger partial charge is 0.238 e. The predicted molar refractivity (Wildman–Crippen MR) is 83.8 cm³/mol. The molecule has 0 atom stereocenters. The molecule has 5 nitrogen and oxygen atoms in total.